The zero-order valence-corrected chi connectivity index (χ0v) is 9.21. The van der Waals surface area contributed by atoms with Crippen LogP contribution in [0.1, 0.15) is 30.7 Å². The predicted molar refractivity (Wildman–Crippen MR) is 60.3 cm³/mol. The van der Waals surface area contributed by atoms with Gasteiger partial charge in [0.25, 0.3) is 0 Å². The van der Waals surface area contributed by atoms with E-state index in [-0.39, 0.29) is 5.82 Å². The van der Waals surface area contributed by atoms with Crippen LogP contribution in [-0.2, 0) is 0 Å². The van der Waals surface area contributed by atoms with E-state index in [1.807, 2.05) is 6.07 Å². The molecule has 0 saturated carbocycles. The summed E-state index contributed by atoms with van der Waals surface area (Å²) in [6.07, 6.45) is 3.51. The average Bonchev–Trinajstić information content (AvgIpc) is 2.81. The van der Waals surface area contributed by atoms with Gasteiger partial charge in [-0.15, -0.1) is 0 Å². The van der Waals surface area contributed by atoms with Crippen LogP contribution in [0.3, 0.4) is 0 Å². The zero-order chi connectivity index (χ0) is 11.0. The molecule has 0 aliphatic carbocycles. The molecule has 3 rings (SSSR count). The van der Waals surface area contributed by atoms with E-state index in [1.54, 1.807) is 0 Å². The van der Waals surface area contributed by atoms with Gasteiger partial charge in [-0.2, -0.15) is 0 Å². The minimum atomic E-state index is -0.209. The van der Waals surface area contributed by atoms with Crippen molar-refractivity contribution in [3.8, 4) is 5.75 Å². The summed E-state index contributed by atoms with van der Waals surface area (Å²) in [5.41, 5.74) is 1.17. The zero-order valence-electron chi connectivity index (χ0n) is 9.21. The second-order valence-corrected chi connectivity index (χ2v) is 4.63. The van der Waals surface area contributed by atoms with Crippen molar-refractivity contribution in [2.45, 2.75) is 31.2 Å². The lowest BCUT2D eigenvalue weighted by Gasteiger charge is -2.30. The first kappa shape index (κ1) is 10.1. The van der Waals surface area contributed by atoms with Crippen molar-refractivity contribution in [3.63, 3.8) is 0 Å². The number of halogens is 1. The molecule has 0 amide bonds. The summed E-state index contributed by atoms with van der Waals surface area (Å²) in [4.78, 5) is 0. The molecule has 16 heavy (non-hydrogen) atoms. The maximum atomic E-state index is 13.1. The molecule has 2 aliphatic rings. The Labute approximate surface area is 94.8 Å². The van der Waals surface area contributed by atoms with E-state index in [1.165, 1.54) is 30.5 Å². The Balaban J connectivity index is 1.93. The maximum Gasteiger partial charge on any atom is 0.126 e. The lowest BCUT2D eigenvalue weighted by molar-refractivity contribution is 0.249. The Morgan fingerprint density at radius 1 is 1.31 bits per heavy atom. The summed E-state index contributed by atoms with van der Waals surface area (Å²) in [6, 6.07) is 5.48. The Hall–Kier alpha value is -1.09. The molecule has 86 valence electrons. The summed E-state index contributed by atoms with van der Waals surface area (Å²) in [7, 11) is 0. The van der Waals surface area contributed by atoms with E-state index in [0.717, 1.165) is 18.7 Å². The van der Waals surface area contributed by atoms with Crippen LogP contribution in [0.5, 0.6) is 5.75 Å². The number of nitrogens with one attached hydrogen (secondary N) is 1. The van der Waals surface area contributed by atoms with Crippen LogP contribution in [-0.4, -0.2) is 19.2 Å². The third kappa shape index (κ3) is 1.69. The van der Waals surface area contributed by atoms with Crippen LogP contribution in [0.25, 0.3) is 0 Å². The summed E-state index contributed by atoms with van der Waals surface area (Å²) in [6.45, 7) is 1.82. The van der Waals surface area contributed by atoms with Crippen LogP contribution < -0.4 is 10.1 Å². The van der Waals surface area contributed by atoms with Gasteiger partial charge in [0.2, 0.25) is 0 Å². The SMILES string of the molecule is Fc1ccc2c(c1)OCCC2C1CCCN1. The lowest BCUT2D eigenvalue weighted by Crippen LogP contribution is -2.32. The molecule has 3 heteroatoms. The monoisotopic (exact) mass is 221 g/mol. The molecule has 2 atom stereocenters. The number of benzene rings is 1. The smallest absolute Gasteiger partial charge is 0.126 e. The highest BCUT2D eigenvalue weighted by Gasteiger charge is 2.30. The fourth-order valence-corrected chi connectivity index (χ4v) is 2.86. The van der Waals surface area contributed by atoms with Gasteiger partial charge in [-0.3, -0.25) is 0 Å². The Morgan fingerprint density at radius 3 is 3.06 bits per heavy atom. The molecule has 2 nitrogen and oxygen atoms in total. The second-order valence-electron chi connectivity index (χ2n) is 4.63. The fourth-order valence-electron chi connectivity index (χ4n) is 2.86. The first-order valence-electron chi connectivity index (χ1n) is 6.00. The second kappa shape index (κ2) is 4.06. The highest BCUT2D eigenvalue weighted by atomic mass is 19.1. The lowest BCUT2D eigenvalue weighted by atomic mass is 9.86. The minimum absolute atomic E-state index is 0.209. The van der Waals surface area contributed by atoms with E-state index in [9.17, 15) is 4.39 Å². The van der Waals surface area contributed by atoms with Crippen LogP contribution in [0, 0.1) is 5.82 Å². The first-order chi connectivity index (χ1) is 7.84. The molecule has 1 fully saturated rings. The molecular weight excluding hydrogens is 205 g/mol. The van der Waals surface area contributed by atoms with Gasteiger partial charge in [0.1, 0.15) is 11.6 Å². The number of hydrogen-bond donors (Lipinski definition) is 1. The average molecular weight is 221 g/mol. The van der Waals surface area contributed by atoms with E-state index >= 15 is 0 Å². The molecule has 2 aliphatic heterocycles. The van der Waals surface area contributed by atoms with Crippen LogP contribution >= 0.6 is 0 Å². The standard InChI is InChI=1S/C13H16FNO/c14-9-3-4-11-10(12-2-1-6-15-12)5-7-16-13(11)8-9/h3-4,8,10,12,15H,1-2,5-7H2. The Bertz CT molecular complexity index is 388. The van der Waals surface area contributed by atoms with E-state index in [2.05, 4.69) is 5.32 Å². The van der Waals surface area contributed by atoms with E-state index in [0.29, 0.717) is 18.6 Å². The van der Waals surface area contributed by atoms with Crippen LogP contribution in [0.2, 0.25) is 0 Å². The van der Waals surface area contributed by atoms with Gasteiger partial charge >= 0.3 is 0 Å². The number of hydrogen-bond acceptors (Lipinski definition) is 2. The Kier molecular flexibility index (Phi) is 2.56. The fraction of sp³-hybridized carbons (Fsp3) is 0.538. The van der Waals surface area contributed by atoms with Gasteiger partial charge in [-0.1, -0.05) is 6.07 Å². The number of fused-ring (bicyclic) bond motifs is 1. The molecule has 0 aromatic heterocycles. The first-order valence-corrected chi connectivity index (χ1v) is 6.00. The molecular formula is C13H16FNO. The minimum Gasteiger partial charge on any atom is -0.493 e. The molecule has 0 spiro atoms. The molecule has 1 aromatic carbocycles. The van der Waals surface area contributed by atoms with E-state index in [4.69, 9.17) is 4.74 Å². The number of ether oxygens (including phenoxy) is 1. The third-order valence-electron chi connectivity index (χ3n) is 3.65. The largest absolute Gasteiger partial charge is 0.493 e. The summed E-state index contributed by atoms with van der Waals surface area (Å²) in [5.74, 6) is 1.02. The van der Waals surface area contributed by atoms with E-state index < -0.39 is 0 Å². The summed E-state index contributed by atoms with van der Waals surface area (Å²) in [5, 5.41) is 3.53. The molecule has 1 saturated heterocycles. The highest BCUT2D eigenvalue weighted by Crippen LogP contribution is 2.38. The van der Waals surface area contributed by atoms with Crippen molar-refractivity contribution in [1.29, 1.82) is 0 Å². The van der Waals surface area contributed by atoms with Gasteiger partial charge in [-0.05, 0) is 37.4 Å². The normalized spacial score (nSPS) is 28.6. The van der Waals surface area contributed by atoms with Crippen LogP contribution in [0.15, 0.2) is 18.2 Å². The van der Waals surface area contributed by atoms with Gasteiger partial charge in [0.05, 0.1) is 6.61 Å². The third-order valence-corrected chi connectivity index (χ3v) is 3.65. The highest BCUT2D eigenvalue weighted by molar-refractivity contribution is 5.39. The molecule has 1 aromatic rings. The van der Waals surface area contributed by atoms with Crippen molar-refractivity contribution in [1.82, 2.24) is 5.32 Å². The van der Waals surface area contributed by atoms with Crippen molar-refractivity contribution in [3.05, 3.63) is 29.6 Å². The summed E-state index contributed by atoms with van der Waals surface area (Å²) >= 11 is 0. The van der Waals surface area contributed by atoms with Gasteiger partial charge in [-0.25, -0.2) is 4.39 Å². The van der Waals surface area contributed by atoms with Gasteiger partial charge in [0.15, 0.2) is 0 Å². The van der Waals surface area contributed by atoms with Gasteiger partial charge < -0.3 is 10.1 Å². The van der Waals surface area contributed by atoms with Crippen molar-refractivity contribution in [2.24, 2.45) is 0 Å². The molecule has 1 N–H and O–H groups in total. The Morgan fingerprint density at radius 2 is 2.25 bits per heavy atom. The quantitative estimate of drug-likeness (QED) is 0.786. The van der Waals surface area contributed by atoms with Crippen molar-refractivity contribution < 1.29 is 9.13 Å². The molecule has 0 bridgehead atoms. The molecule has 2 unspecified atom stereocenters. The van der Waals surface area contributed by atoms with Gasteiger partial charge in [0, 0.05) is 18.0 Å². The molecule has 0 radical (unpaired) electrons. The topological polar surface area (TPSA) is 21.3 Å². The van der Waals surface area contributed by atoms with Crippen molar-refractivity contribution >= 4 is 0 Å². The van der Waals surface area contributed by atoms with Crippen LogP contribution in [0.4, 0.5) is 4.39 Å². The predicted octanol–water partition coefficient (Wildman–Crippen LogP) is 2.44. The van der Waals surface area contributed by atoms with Crippen molar-refractivity contribution in [2.75, 3.05) is 13.2 Å². The maximum absolute atomic E-state index is 13.1. The molecule has 2 heterocycles. The summed E-state index contributed by atoms with van der Waals surface area (Å²) < 4.78 is 18.6. The number of rotatable bonds is 1.